The Morgan fingerprint density at radius 3 is 2.90 bits per heavy atom. The molecule has 1 aromatic heterocycles. The Morgan fingerprint density at radius 2 is 2.15 bits per heavy atom. The minimum atomic E-state index is 0. The van der Waals surface area contributed by atoms with Gasteiger partial charge >= 0.3 is 0 Å². The number of anilines is 1. The topological polar surface area (TPSA) is 54.0 Å². The van der Waals surface area contributed by atoms with E-state index in [2.05, 4.69) is 15.6 Å². The summed E-state index contributed by atoms with van der Waals surface area (Å²) in [7, 11) is 0. The SMILES string of the molecule is Cc1nc2ccc(NC(=O)C3CCNCC3)cc2s1.Cl. The number of rotatable bonds is 2. The summed E-state index contributed by atoms with van der Waals surface area (Å²) in [5.41, 5.74) is 1.88. The lowest BCUT2D eigenvalue weighted by molar-refractivity contribution is -0.120. The molecule has 2 aromatic rings. The predicted octanol–water partition coefficient (Wildman–Crippen LogP) is 2.96. The average Bonchev–Trinajstić information content (AvgIpc) is 2.79. The number of carbonyl (C=O) groups is 1. The molecule has 6 heteroatoms. The molecule has 1 aromatic carbocycles. The van der Waals surface area contributed by atoms with Gasteiger partial charge in [0.2, 0.25) is 5.91 Å². The molecule has 2 N–H and O–H groups in total. The highest BCUT2D eigenvalue weighted by atomic mass is 35.5. The molecule has 4 nitrogen and oxygen atoms in total. The van der Waals surface area contributed by atoms with Crippen molar-refractivity contribution in [2.75, 3.05) is 18.4 Å². The summed E-state index contributed by atoms with van der Waals surface area (Å²) in [4.78, 5) is 16.6. The van der Waals surface area contributed by atoms with E-state index in [9.17, 15) is 4.79 Å². The van der Waals surface area contributed by atoms with Crippen LogP contribution in [0, 0.1) is 12.8 Å². The van der Waals surface area contributed by atoms with Crippen LogP contribution in [0.25, 0.3) is 10.2 Å². The number of amides is 1. The van der Waals surface area contributed by atoms with Crippen LogP contribution in [0.15, 0.2) is 18.2 Å². The van der Waals surface area contributed by atoms with E-state index in [1.54, 1.807) is 11.3 Å². The van der Waals surface area contributed by atoms with E-state index in [0.717, 1.165) is 46.8 Å². The van der Waals surface area contributed by atoms with Crippen LogP contribution in [0.1, 0.15) is 17.8 Å². The first-order valence-corrected chi connectivity index (χ1v) is 7.43. The quantitative estimate of drug-likeness (QED) is 0.896. The van der Waals surface area contributed by atoms with Crippen molar-refractivity contribution < 1.29 is 4.79 Å². The molecule has 0 bridgehead atoms. The Labute approximate surface area is 128 Å². The first-order valence-electron chi connectivity index (χ1n) is 6.61. The van der Waals surface area contributed by atoms with Crippen molar-refractivity contribution in [2.45, 2.75) is 19.8 Å². The normalized spacial score (nSPS) is 15.8. The molecule has 20 heavy (non-hydrogen) atoms. The molecule has 1 amide bonds. The molecular weight excluding hydrogens is 294 g/mol. The highest BCUT2D eigenvalue weighted by Crippen LogP contribution is 2.25. The van der Waals surface area contributed by atoms with Crippen LogP contribution >= 0.6 is 23.7 Å². The fourth-order valence-corrected chi connectivity index (χ4v) is 3.31. The molecule has 1 fully saturated rings. The summed E-state index contributed by atoms with van der Waals surface area (Å²) in [6.07, 6.45) is 1.85. The first kappa shape index (κ1) is 15.2. The van der Waals surface area contributed by atoms with Crippen molar-refractivity contribution in [1.29, 1.82) is 0 Å². The molecule has 0 aliphatic carbocycles. The van der Waals surface area contributed by atoms with Gasteiger partial charge in [0.1, 0.15) is 0 Å². The molecule has 3 rings (SSSR count). The number of fused-ring (bicyclic) bond motifs is 1. The van der Waals surface area contributed by atoms with Crippen molar-refractivity contribution in [1.82, 2.24) is 10.3 Å². The number of aromatic nitrogens is 1. The average molecular weight is 312 g/mol. The number of nitrogens with one attached hydrogen (secondary N) is 2. The predicted molar refractivity (Wildman–Crippen MR) is 85.8 cm³/mol. The molecular formula is C14H18ClN3OS. The number of thiazole rings is 1. The number of hydrogen-bond donors (Lipinski definition) is 2. The van der Waals surface area contributed by atoms with Gasteiger partial charge in [-0.25, -0.2) is 4.98 Å². The fraction of sp³-hybridized carbons (Fsp3) is 0.429. The zero-order valence-corrected chi connectivity index (χ0v) is 12.9. The summed E-state index contributed by atoms with van der Waals surface area (Å²) >= 11 is 1.66. The number of aryl methyl sites for hydroxylation is 1. The minimum Gasteiger partial charge on any atom is -0.326 e. The Hall–Kier alpha value is -1.17. The second kappa shape index (κ2) is 6.52. The Balaban J connectivity index is 0.00000147. The molecule has 0 unspecified atom stereocenters. The zero-order chi connectivity index (χ0) is 13.2. The highest BCUT2D eigenvalue weighted by molar-refractivity contribution is 7.18. The van der Waals surface area contributed by atoms with Gasteiger partial charge < -0.3 is 10.6 Å². The van der Waals surface area contributed by atoms with Gasteiger partial charge in [0.25, 0.3) is 0 Å². The monoisotopic (exact) mass is 311 g/mol. The first-order chi connectivity index (χ1) is 9.22. The van der Waals surface area contributed by atoms with Gasteiger partial charge in [-0.1, -0.05) is 0 Å². The molecule has 2 heterocycles. The van der Waals surface area contributed by atoms with Crippen LogP contribution < -0.4 is 10.6 Å². The lowest BCUT2D eigenvalue weighted by atomic mass is 9.97. The third-order valence-corrected chi connectivity index (χ3v) is 4.41. The maximum Gasteiger partial charge on any atom is 0.227 e. The van der Waals surface area contributed by atoms with E-state index in [1.165, 1.54) is 0 Å². The number of nitrogens with zero attached hydrogens (tertiary/aromatic N) is 1. The van der Waals surface area contributed by atoms with Crippen molar-refractivity contribution in [3.63, 3.8) is 0 Å². The second-order valence-corrected chi connectivity index (χ2v) is 6.16. The molecule has 1 saturated heterocycles. The van der Waals surface area contributed by atoms with Crippen molar-refractivity contribution in [2.24, 2.45) is 5.92 Å². The molecule has 1 aliphatic rings. The van der Waals surface area contributed by atoms with Gasteiger partial charge in [0.05, 0.1) is 15.2 Å². The maximum absolute atomic E-state index is 12.2. The number of carbonyl (C=O) groups excluding carboxylic acids is 1. The lowest BCUT2D eigenvalue weighted by Gasteiger charge is -2.21. The zero-order valence-electron chi connectivity index (χ0n) is 11.3. The molecule has 0 radical (unpaired) electrons. The number of piperidine rings is 1. The smallest absolute Gasteiger partial charge is 0.227 e. The van der Waals surface area contributed by atoms with E-state index >= 15 is 0 Å². The summed E-state index contributed by atoms with van der Waals surface area (Å²) in [5, 5.41) is 7.35. The van der Waals surface area contributed by atoms with Crippen LogP contribution in [0.5, 0.6) is 0 Å². The van der Waals surface area contributed by atoms with E-state index < -0.39 is 0 Å². The minimum absolute atomic E-state index is 0. The summed E-state index contributed by atoms with van der Waals surface area (Å²) in [6.45, 7) is 3.87. The van der Waals surface area contributed by atoms with Gasteiger partial charge in [-0.2, -0.15) is 0 Å². The highest BCUT2D eigenvalue weighted by Gasteiger charge is 2.20. The molecule has 108 valence electrons. The molecule has 0 spiro atoms. The lowest BCUT2D eigenvalue weighted by Crippen LogP contribution is -2.34. The Morgan fingerprint density at radius 1 is 1.40 bits per heavy atom. The van der Waals surface area contributed by atoms with Crippen LogP contribution in [-0.2, 0) is 4.79 Å². The van der Waals surface area contributed by atoms with Crippen molar-refractivity contribution >= 4 is 45.6 Å². The third-order valence-electron chi connectivity index (χ3n) is 3.47. The number of halogens is 1. The van der Waals surface area contributed by atoms with Gasteiger partial charge in [-0.3, -0.25) is 4.79 Å². The fourth-order valence-electron chi connectivity index (χ4n) is 2.45. The third kappa shape index (κ3) is 3.29. The maximum atomic E-state index is 12.2. The number of benzene rings is 1. The van der Waals surface area contributed by atoms with E-state index in [0.29, 0.717) is 0 Å². The number of hydrogen-bond acceptors (Lipinski definition) is 4. The van der Waals surface area contributed by atoms with Gasteiger partial charge in [-0.15, -0.1) is 23.7 Å². The Kier molecular flexibility index (Phi) is 4.96. The summed E-state index contributed by atoms with van der Waals surface area (Å²) < 4.78 is 1.13. The summed E-state index contributed by atoms with van der Waals surface area (Å²) in [5.74, 6) is 0.280. The Bertz CT molecular complexity index is 607. The second-order valence-electron chi connectivity index (χ2n) is 4.93. The van der Waals surface area contributed by atoms with E-state index in [4.69, 9.17) is 0 Å². The summed E-state index contributed by atoms with van der Waals surface area (Å²) in [6, 6.07) is 5.91. The molecule has 0 atom stereocenters. The van der Waals surface area contributed by atoms with Gasteiger partial charge in [0, 0.05) is 11.6 Å². The standard InChI is InChI=1S/C14H17N3OS.ClH/c1-9-16-12-3-2-11(8-13(12)19-9)17-14(18)10-4-6-15-7-5-10;/h2-3,8,10,15H,4-7H2,1H3,(H,17,18);1H. The van der Waals surface area contributed by atoms with Crippen LogP contribution in [0.4, 0.5) is 5.69 Å². The molecule has 1 aliphatic heterocycles. The van der Waals surface area contributed by atoms with Gasteiger partial charge in [0.15, 0.2) is 0 Å². The van der Waals surface area contributed by atoms with Crippen molar-refractivity contribution in [3.8, 4) is 0 Å². The van der Waals surface area contributed by atoms with Gasteiger partial charge in [-0.05, 0) is 51.1 Å². The largest absolute Gasteiger partial charge is 0.326 e. The molecule has 0 saturated carbocycles. The van der Waals surface area contributed by atoms with E-state index in [-0.39, 0.29) is 24.2 Å². The van der Waals surface area contributed by atoms with Crippen molar-refractivity contribution in [3.05, 3.63) is 23.2 Å². The van der Waals surface area contributed by atoms with Crippen LogP contribution in [-0.4, -0.2) is 24.0 Å². The van der Waals surface area contributed by atoms with Crippen LogP contribution in [0.3, 0.4) is 0 Å². The van der Waals surface area contributed by atoms with E-state index in [1.807, 2.05) is 25.1 Å². The van der Waals surface area contributed by atoms with Crippen LogP contribution in [0.2, 0.25) is 0 Å².